The number of hydrogen-bond donors (Lipinski definition) is 2. The molecule has 1 atom stereocenters. The molecule has 17 heavy (non-hydrogen) atoms. The van der Waals surface area contributed by atoms with Gasteiger partial charge in [-0.1, -0.05) is 0 Å². The van der Waals surface area contributed by atoms with Crippen LogP contribution in [-0.4, -0.2) is 63.4 Å². The Kier molecular flexibility index (Phi) is 5.12. The monoisotopic (exact) mass is 268 g/mol. The molecule has 0 aromatic carbocycles. The topological polar surface area (TPSA) is 105 Å². The van der Waals surface area contributed by atoms with E-state index in [1.807, 2.05) is 0 Å². The molecule has 0 aliphatic carbocycles. The number of rotatable bonds is 4. The van der Waals surface area contributed by atoms with Gasteiger partial charge in [0.1, 0.15) is 0 Å². The minimum Gasteiger partial charge on any atom is -0.464 e. The van der Waals surface area contributed by atoms with Crippen LogP contribution in [0, 0.1) is 0 Å². The van der Waals surface area contributed by atoms with E-state index >= 15 is 0 Å². The maximum atomic E-state index is 11.6. The number of hydrogen-bond acceptors (Lipinski definition) is 5. The predicted octanol–water partition coefficient (Wildman–Crippen LogP) is -0.764. The van der Waals surface area contributed by atoms with Crippen LogP contribution in [-0.2, 0) is 19.7 Å². The van der Waals surface area contributed by atoms with Crippen molar-refractivity contribution >= 4 is 16.3 Å². The molecule has 1 aliphatic heterocycles. The van der Waals surface area contributed by atoms with E-state index in [0.29, 0.717) is 13.0 Å². The van der Waals surface area contributed by atoms with Crippen LogP contribution < -0.4 is 4.72 Å². The fourth-order valence-electron chi connectivity index (χ4n) is 1.54. The van der Waals surface area contributed by atoms with Crippen LogP contribution in [0.5, 0.6) is 0 Å². The van der Waals surface area contributed by atoms with Crippen LogP contribution in [0.3, 0.4) is 0 Å². The molecule has 1 amide bonds. The van der Waals surface area contributed by atoms with E-state index < -0.39 is 16.3 Å². The van der Waals surface area contributed by atoms with E-state index in [-0.39, 0.29) is 25.8 Å². The highest BCUT2D eigenvalue weighted by Gasteiger charge is 2.27. The second-order valence-electron chi connectivity index (χ2n) is 3.55. The van der Waals surface area contributed by atoms with Crippen LogP contribution in [0.25, 0.3) is 0 Å². The summed E-state index contributed by atoms with van der Waals surface area (Å²) in [6, 6.07) is 0. The summed E-state index contributed by atoms with van der Waals surface area (Å²) in [7, 11) is -2.44. The van der Waals surface area contributed by atoms with Gasteiger partial charge in [0.25, 0.3) is 0 Å². The molecular weight excluding hydrogens is 252 g/mol. The third-order valence-electron chi connectivity index (χ3n) is 2.30. The number of nitrogens with one attached hydrogen (secondary N) is 1. The number of ether oxygens (including phenoxy) is 2. The number of carbonyl (C=O) groups is 1. The molecule has 1 heterocycles. The second kappa shape index (κ2) is 6.15. The van der Waals surface area contributed by atoms with Gasteiger partial charge in [0.05, 0.1) is 19.3 Å². The summed E-state index contributed by atoms with van der Waals surface area (Å²) in [5.74, 6) is 0. The zero-order valence-electron chi connectivity index (χ0n) is 9.46. The lowest BCUT2D eigenvalue weighted by Crippen LogP contribution is -2.44. The molecule has 0 unspecified atom stereocenters. The van der Waals surface area contributed by atoms with Gasteiger partial charge in [-0.25, -0.2) is 9.52 Å². The van der Waals surface area contributed by atoms with E-state index in [4.69, 9.17) is 14.6 Å². The highest BCUT2D eigenvalue weighted by molar-refractivity contribution is 7.87. The van der Waals surface area contributed by atoms with Gasteiger partial charge < -0.3 is 14.6 Å². The van der Waals surface area contributed by atoms with Crippen molar-refractivity contribution < 1.29 is 27.8 Å². The lowest BCUT2D eigenvalue weighted by molar-refractivity contribution is 0.00560. The van der Waals surface area contributed by atoms with E-state index in [1.165, 1.54) is 11.8 Å². The maximum absolute atomic E-state index is 11.6. The average molecular weight is 268 g/mol. The van der Waals surface area contributed by atoms with Crippen molar-refractivity contribution in [3.63, 3.8) is 0 Å². The van der Waals surface area contributed by atoms with Crippen molar-refractivity contribution in [2.24, 2.45) is 0 Å². The van der Waals surface area contributed by atoms with Gasteiger partial charge in [-0.15, -0.1) is 0 Å². The molecule has 0 bridgehead atoms. The van der Waals surface area contributed by atoms with Crippen molar-refractivity contribution in [1.29, 1.82) is 0 Å². The molecule has 0 aromatic rings. The van der Waals surface area contributed by atoms with Crippen molar-refractivity contribution in [2.45, 2.75) is 12.5 Å². The van der Waals surface area contributed by atoms with Crippen molar-refractivity contribution in [1.82, 2.24) is 9.03 Å². The van der Waals surface area contributed by atoms with Gasteiger partial charge in [-0.05, 0) is 6.42 Å². The summed E-state index contributed by atoms with van der Waals surface area (Å²) < 4.78 is 36.0. The first-order chi connectivity index (χ1) is 7.95. The van der Waals surface area contributed by atoms with Crippen LogP contribution in [0.1, 0.15) is 6.42 Å². The smallest absolute Gasteiger partial charge is 0.419 e. The minimum atomic E-state index is -3.98. The summed E-state index contributed by atoms with van der Waals surface area (Å²) in [5, 5.41) is 8.42. The summed E-state index contributed by atoms with van der Waals surface area (Å²) >= 11 is 0. The van der Waals surface area contributed by atoms with Crippen LogP contribution >= 0.6 is 0 Å². The average Bonchev–Trinajstić information content (AvgIpc) is 2.42. The molecule has 9 heteroatoms. The predicted molar refractivity (Wildman–Crippen MR) is 57.9 cm³/mol. The Morgan fingerprint density at radius 2 is 2.29 bits per heavy atom. The summed E-state index contributed by atoms with van der Waals surface area (Å²) in [5.41, 5.74) is 0. The lowest BCUT2D eigenvalue weighted by Gasteiger charge is -2.18. The zero-order chi connectivity index (χ0) is 12.9. The molecule has 1 rings (SSSR count). The Bertz CT molecular complexity index is 357. The Hall–Kier alpha value is -0.900. The molecule has 8 nitrogen and oxygen atoms in total. The first-order valence-corrected chi connectivity index (χ1v) is 6.51. The first-order valence-electron chi connectivity index (χ1n) is 5.07. The van der Waals surface area contributed by atoms with Gasteiger partial charge in [-0.3, -0.25) is 0 Å². The molecule has 1 fully saturated rings. The first kappa shape index (κ1) is 14.2. The van der Waals surface area contributed by atoms with Crippen LogP contribution in [0.2, 0.25) is 0 Å². The SMILES string of the molecule is COC[C@@H]1CCN(S(=O)(=O)NC(=O)O)CCO1. The second-order valence-corrected chi connectivity index (χ2v) is 5.22. The van der Waals surface area contributed by atoms with Crippen molar-refractivity contribution in [3.8, 4) is 0 Å². The van der Waals surface area contributed by atoms with Crippen molar-refractivity contribution in [3.05, 3.63) is 0 Å². The standard InChI is InChI=1S/C8H16N2O6S/c1-15-6-7-2-3-10(4-5-16-7)17(13,14)9-8(11)12/h7,9H,2-6H2,1H3,(H,11,12)/t7-/m0/s1. The fraction of sp³-hybridized carbons (Fsp3) is 0.875. The fourth-order valence-corrected chi connectivity index (χ4v) is 2.55. The van der Waals surface area contributed by atoms with Gasteiger partial charge >= 0.3 is 16.3 Å². The van der Waals surface area contributed by atoms with E-state index in [1.54, 1.807) is 0 Å². The molecular formula is C8H16N2O6S. The number of methoxy groups -OCH3 is 1. The third-order valence-corrected chi connectivity index (χ3v) is 3.78. The highest BCUT2D eigenvalue weighted by atomic mass is 32.2. The number of carboxylic acid groups (broad SMARTS) is 1. The minimum absolute atomic E-state index is 0.128. The summed E-state index contributed by atoms with van der Waals surface area (Å²) in [6.45, 7) is 0.939. The molecule has 0 spiro atoms. The zero-order valence-corrected chi connectivity index (χ0v) is 10.3. The van der Waals surface area contributed by atoms with Crippen molar-refractivity contribution in [2.75, 3.05) is 33.4 Å². The van der Waals surface area contributed by atoms with Gasteiger partial charge in [-0.2, -0.15) is 12.7 Å². The molecule has 0 radical (unpaired) electrons. The Balaban J connectivity index is 2.59. The highest BCUT2D eigenvalue weighted by Crippen LogP contribution is 2.10. The number of amides is 1. The molecule has 100 valence electrons. The van der Waals surface area contributed by atoms with E-state index in [2.05, 4.69) is 0 Å². The van der Waals surface area contributed by atoms with E-state index in [0.717, 1.165) is 4.31 Å². The molecule has 0 aromatic heterocycles. The van der Waals surface area contributed by atoms with Gasteiger partial charge in [0.2, 0.25) is 0 Å². The Labute approximate surface area is 99.7 Å². The quantitative estimate of drug-likeness (QED) is 0.694. The summed E-state index contributed by atoms with van der Waals surface area (Å²) in [6.07, 6.45) is -1.29. The summed E-state index contributed by atoms with van der Waals surface area (Å²) in [4.78, 5) is 10.3. The lowest BCUT2D eigenvalue weighted by atomic mass is 10.3. The largest absolute Gasteiger partial charge is 0.464 e. The normalized spacial score (nSPS) is 23.0. The third kappa shape index (κ3) is 4.46. The maximum Gasteiger partial charge on any atom is 0.419 e. The Morgan fingerprint density at radius 3 is 2.88 bits per heavy atom. The number of nitrogens with zero attached hydrogens (tertiary/aromatic N) is 1. The van der Waals surface area contributed by atoms with E-state index in [9.17, 15) is 13.2 Å². The molecule has 1 saturated heterocycles. The molecule has 0 saturated carbocycles. The molecule has 1 aliphatic rings. The van der Waals surface area contributed by atoms with Gasteiger partial charge in [0, 0.05) is 20.2 Å². The van der Waals surface area contributed by atoms with Crippen LogP contribution in [0.4, 0.5) is 4.79 Å². The Morgan fingerprint density at radius 1 is 1.59 bits per heavy atom. The van der Waals surface area contributed by atoms with Crippen LogP contribution in [0.15, 0.2) is 0 Å². The molecule has 2 N–H and O–H groups in total. The van der Waals surface area contributed by atoms with Gasteiger partial charge in [0.15, 0.2) is 0 Å².